The van der Waals surface area contributed by atoms with Gasteiger partial charge in [-0.3, -0.25) is 0 Å². The van der Waals surface area contributed by atoms with E-state index >= 15 is 0 Å². The zero-order valence-corrected chi connectivity index (χ0v) is 11.0. The molecule has 1 aromatic rings. The van der Waals surface area contributed by atoms with Crippen LogP contribution in [0.4, 0.5) is 0 Å². The van der Waals surface area contributed by atoms with Crippen LogP contribution in [-0.2, 0) is 0 Å². The van der Waals surface area contributed by atoms with E-state index in [4.69, 9.17) is 0 Å². The lowest BCUT2D eigenvalue weighted by Crippen LogP contribution is -2.19. The van der Waals surface area contributed by atoms with Gasteiger partial charge in [0, 0.05) is 10.5 Å². The Hall–Kier alpha value is -0.600. The van der Waals surface area contributed by atoms with Crippen LogP contribution in [0.25, 0.3) is 0 Å². The minimum Gasteiger partial charge on any atom is -0.310 e. The van der Waals surface area contributed by atoms with Crippen LogP contribution >= 0.6 is 15.9 Å². The summed E-state index contributed by atoms with van der Waals surface area (Å²) < 4.78 is 1.13. The number of nitrogens with one attached hydrogen (secondary N) is 1. The average Bonchev–Trinajstić information content (AvgIpc) is 2.18. The summed E-state index contributed by atoms with van der Waals surface area (Å²) in [6.07, 6.45) is 1.04. The van der Waals surface area contributed by atoms with Gasteiger partial charge in [0.2, 0.25) is 0 Å². The molecule has 0 saturated heterocycles. The molecule has 0 bridgehead atoms. The lowest BCUT2D eigenvalue weighted by atomic mass is 10.1. The zero-order chi connectivity index (χ0) is 11.3. The summed E-state index contributed by atoms with van der Waals surface area (Å²) in [6, 6.07) is 8.83. The largest absolute Gasteiger partial charge is 0.310 e. The number of halogens is 1. The molecule has 15 heavy (non-hydrogen) atoms. The Kier molecular flexibility index (Phi) is 5.06. The maximum absolute atomic E-state index is 3.89. The van der Waals surface area contributed by atoms with Gasteiger partial charge in [0.15, 0.2) is 0 Å². The summed E-state index contributed by atoms with van der Waals surface area (Å²) in [4.78, 5) is 0. The summed E-state index contributed by atoms with van der Waals surface area (Å²) in [5.41, 5.74) is 2.55. The quantitative estimate of drug-likeness (QED) is 0.794. The van der Waals surface area contributed by atoms with E-state index in [0.717, 1.165) is 17.4 Å². The molecule has 1 nitrogen and oxygen atoms in total. The normalized spacial score (nSPS) is 12.5. The van der Waals surface area contributed by atoms with Gasteiger partial charge in [-0.05, 0) is 44.5 Å². The second-order valence-corrected chi connectivity index (χ2v) is 4.85. The molecular formula is C13H18BrN. The third-order valence-electron chi connectivity index (χ3n) is 2.37. The molecule has 1 rings (SSSR count). The van der Waals surface area contributed by atoms with Crippen molar-refractivity contribution >= 4 is 15.9 Å². The van der Waals surface area contributed by atoms with Crippen LogP contribution in [0, 0.1) is 0 Å². The number of benzene rings is 1. The first kappa shape index (κ1) is 12.5. The van der Waals surface area contributed by atoms with E-state index in [1.807, 2.05) is 0 Å². The molecule has 0 spiro atoms. The first-order chi connectivity index (χ1) is 7.09. The van der Waals surface area contributed by atoms with E-state index in [0.29, 0.717) is 6.04 Å². The molecular weight excluding hydrogens is 250 g/mol. The van der Waals surface area contributed by atoms with Crippen molar-refractivity contribution in [2.24, 2.45) is 0 Å². The summed E-state index contributed by atoms with van der Waals surface area (Å²) in [5.74, 6) is 0. The van der Waals surface area contributed by atoms with E-state index in [9.17, 15) is 0 Å². The van der Waals surface area contributed by atoms with Gasteiger partial charge in [-0.2, -0.15) is 0 Å². The second-order valence-electron chi connectivity index (χ2n) is 3.93. The average molecular weight is 268 g/mol. The van der Waals surface area contributed by atoms with Crippen LogP contribution in [-0.4, -0.2) is 6.54 Å². The van der Waals surface area contributed by atoms with Crippen molar-refractivity contribution in [3.8, 4) is 0 Å². The van der Waals surface area contributed by atoms with Gasteiger partial charge in [-0.1, -0.05) is 33.6 Å². The Morgan fingerprint density at radius 1 is 1.40 bits per heavy atom. The van der Waals surface area contributed by atoms with Crippen LogP contribution in [0.3, 0.4) is 0 Å². The predicted molar refractivity (Wildman–Crippen MR) is 70.0 cm³/mol. The highest BCUT2D eigenvalue weighted by Gasteiger charge is 2.03. The van der Waals surface area contributed by atoms with Gasteiger partial charge < -0.3 is 5.32 Å². The molecule has 0 aromatic heterocycles. The zero-order valence-electron chi connectivity index (χ0n) is 9.39. The Balaban J connectivity index is 2.43. The van der Waals surface area contributed by atoms with Gasteiger partial charge in [-0.15, -0.1) is 6.58 Å². The summed E-state index contributed by atoms with van der Waals surface area (Å²) in [7, 11) is 0. The van der Waals surface area contributed by atoms with Gasteiger partial charge in [0.05, 0.1) is 0 Å². The van der Waals surface area contributed by atoms with Crippen molar-refractivity contribution < 1.29 is 0 Å². The topological polar surface area (TPSA) is 12.0 Å². The number of rotatable bonds is 5. The maximum Gasteiger partial charge on any atom is 0.0291 e. The van der Waals surface area contributed by atoms with Gasteiger partial charge >= 0.3 is 0 Å². The molecule has 1 aromatic carbocycles. The number of hydrogen-bond donors (Lipinski definition) is 1. The van der Waals surface area contributed by atoms with E-state index in [2.05, 4.69) is 65.9 Å². The molecule has 0 aliphatic rings. The van der Waals surface area contributed by atoms with Crippen molar-refractivity contribution in [2.45, 2.75) is 26.3 Å². The number of hydrogen-bond acceptors (Lipinski definition) is 1. The first-order valence-electron chi connectivity index (χ1n) is 5.23. The molecule has 0 aliphatic heterocycles. The molecule has 0 heterocycles. The maximum atomic E-state index is 3.89. The van der Waals surface area contributed by atoms with E-state index in [1.54, 1.807) is 0 Å². The van der Waals surface area contributed by atoms with Crippen LogP contribution in [0.2, 0.25) is 0 Å². The van der Waals surface area contributed by atoms with E-state index < -0.39 is 0 Å². The fraction of sp³-hybridized carbons (Fsp3) is 0.385. The van der Waals surface area contributed by atoms with E-state index in [-0.39, 0.29) is 0 Å². The Morgan fingerprint density at radius 2 is 2.00 bits per heavy atom. The molecule has 0 amide bonds. The second kappa shape index (κ2) is 6.09. The summed E-state index contributed by atoms with van der Waals surface area (Å²) >= 11 is 3.43. The molecule has 2 heteroatoms. The molecule has 82 valence electrons. The molecule has 1 unspecified atom stereocenters. The predicted octanol–water partition coefficient (Wildman–Crippen LogP) is 4.07. The van der Waals surface area contributed by atoms with Crippen molar-refractivity contribution in [1.82, 2.24) is 5.32 Å². The van der Waals surface area contributed by atoms with Crippen LogP contribution in [0.5, 0.6) is 0 Å². The standard InChI is InChI=1S/C13H18BrN/c1-10(2)8-9-15-11(3)12-4-6-13(14)7-5-12/h4-7,11,15H,1,8-9H2,2-3H3. The highest BCUT2D eigenvalue weighted by atomic mass is 79.9. The van der Waals surface area contributed by atoms with Crippen molar-refractivity contribution in [3.63, 3.8) is 0 Å². The minimum absolute atomic E-state index is 0.400. The molecule has 0 saturated carbocycles. The fourth-order valence-corrected chi connectivity index (χ4v) is 1.64. The van der Waals surface area contributed by atoms with Crippen molar-refractivity contribution in [1.29, 1.82) is 0 Å². The van der Waals surface area contributed by atoms with Gasteiger partial charge in [0.1, 0.15) is 0 Å². The Morgan fingerprint density at radius 3 is 2.53 bits per heavy atom. The monoisotopic (exact) mass is 267 g/mol. The van der Waals surface area contributed by atoms with Crippen molar-refractivity contribution in [3.05, 3.63) is 46.5 Å². The minimum atomic E-state index is 0.400. The molecule has 0 fully saturated rings. The highest BCUT2D eigenvalue weighted by Crippen LogP contribution is 2.16. The molecule has 1 N–H and O–H groups in total. The van der Waals surface area contributed by atoms with Crippen LogP contribution < -0.4 is 5.32 Å². The third kappa shape index (κ3) is 4.63. The van der Waals surface area contributed by atoms with E-state index in [1.165, 1.54) is 11.1 Å². The van der Waals surface area contributed by atoms with Gasteiger partial charge in [-0.25, -0.2) is 0 Å². The lowest BCUT2D eigenvalue weighted by Gasteiger charge is -2.14. The third-order valence-corrected chi connectivity index (χ3v) is 2.90. The fourth-order valence-electron chi connectivity index (χ4n) is 1.37. The van der Waals surface area contributed by atoms with Gasteiger partial charge in [0.25, 0.3) is 0 Å². The smallest absolute Gasteiger partial charge is 0.0291 e. The summed E-state index contributed by atoms with van der Waals surface area (Å²) in [5, 5.41) is 3.47. The SMILES string of the molecule is C=C(C)CCNC(C)c1ccc(Br)cc1. The lowest BCUT2D eigenvalue weighted by molar-refractivity contribution is 0.576. The first-order valence-corrected chi connectivity index (χ1v) is 6.02. The molecule has 0 radical (unpaired) electrons. The molecule has 0 aliphatic carbocycles. The van der Waals surface area contributed by atoms with Crippen LogP contribution in [0.1, 0.15) is 31.9 Å². The molecule has 1 atom stereocenters. The Bertz CT molecular complexity index is 316. The Labute approximate surface area is 101 Å². The van der Waals surface area contributed by atoms with Crippen LogP contribution in [0.15, 0.2) is 40.9 Å². The highest BCUT2D eigenvalue weighted by molar-refractivity contribution is 9.10. The van der Waals surface area contributed by atoms with Crippen molar-refractivity contribution in [2.75, 3.05) is 6.54 Å². The summed E-state index contributed by atoms with van der Waals surface area (Å²) in [6.45, 7) is 9.13.